The second-order valence-electron chi connectivity index (χ2n) is 25.4. The number of phenols is 2. The maximum absolute atomic E-state index is 14.1. The summed E-state index contributed by atoms with van der Waals surface area (Å²) in [7, 11) is 1.28. The van der Waals surface area contributed by atoms with Crippen molar-refractivity contribution in [1.82, 2.24) is 5.32 Å². The van der Waals surface area contributed by atoms with Crippen molar-refractivity contribution in [3.05, 3.63) is 197 Å². The summed E-state index contributed by atoms with van der Waals surface area (Å²) >= 11 is 0. The Morgan fingerprint density at radius 2 is 1.58 bits per heavy atom. The van der Waals surface area contributed by atoms with Gasteiger partial charge in [-0.25, -0.2) is 15.0 Å². The normalized spacial score (nSPS) is 26.2. The molecule has 2 saturated heterocycles. The molecule has 3 aliphatic carbocycles. The standard InChI is InChI=1S/C72H72N4O16/c1-10-41-32(4)46-24-48-34(6)43(63(75-48)59-62(71(87)89-9)69(85)57-35(7)49(76-64(57)59)26-51-42(11-2)33(5)47(74-51)25-50(41)73-46)20-19-40(77)21-37-15-17-38(18-16-37)30-90-54(80)22-39-23-55(91-36(8)65(39)81)92-52-28-72(88,29-53(78)79)27-45-58(52)70(86)60-61(67(45)83)68(84)56-31(3)13-12-14-44(56)66(60)82/h10,12-18,24-26,34,36,39,43,52,55,62,65,75,81,83,85-86,88H,1,11,19-23,27-30H2,2-9H3,(H,78,79)/t34-,36+,39?,43-,52-,55+,62?,65-,72-/m0/s1. The summed E-state index contributed by atoms with van der Waals surface area (Å²) in [6, 6.07) is 11.7. The number of aliphatic hydroxyl groups is 3. The molecule has 6 aliphatic heterocycles. The second kappa shape index (κ2) is 24.1. The van der Waals surface area contributed by atoms with Gasteiger partial charge in [0, 0.05) is 100 Å². The molecule has 3 aromatic carbocycles. The van der Waals surface area contributed by atoms with Crippen molar-refractivity contribution >= 4 is 52.4 Å². The van der Waals surface area contributed by atoms with E-state index >= 15 is 0 Å². The highest BCUT2D eigenvalue weighted by Gasteiger charge is 2.51. The molecule has 9 atom stereocenters. The van der Waals surface area contributed by atoms with Gasteiger partial charge in [-0.05, 0) is 105 Å². The van der Waals surface area contributed by atoms with Crippen molar-refractivity contribution in [1.29, 1.82) is 0 Å². The van der Waals surface area contributed by atoms with Crippen LogP contribution in [0.4, 0.5) is 0 Å². The lowest BCUT2D eigenvalue weighted by atomic mass is 9.72. The number of carbonyl (C=O) groups is 6. The van der Waals surface area contributed by atoms with Gasteiger partial charge in [-0.2, -0.15) is 0 Å². The van der Waals surface area contributed by atoms with Gasteiger partial charge in [0.05, 0.1) is 89.2 Å². The summed E-state index contributed by atoms with van der Waals surface area (Å²) in [6.45, 7) is 17.2. The highest BCUT2D eigenvalue weighted by molar-refractivity contribution is 6.31. The van der Waals surface area contributed by atoms with Crippen molar-refractivity contribution in [3.63, 3.8) is 0 Å². The minimum atomic E-state index is -2.07. The van der Waals surface area contributed by atoms with Crippen LogP contribution in [0.3, 0.4) is 0 Å². The molecule has 2 unspecified atom stereocenters. The number of allylic oxidation sites excluding steroid dienone is 11. The molecule has 0 amide bonds. The topological polar surface area (TPSA) is 310 Å². The Labute approximate surface area is 530 Å². The van der Waals surface area contributed by atoms with Crippen molar-refractivity contribution in [3.8, 4) is 11.5 Å². The van der Waals surface area contributed by atoms with Gasteiger partial charge in [0.2, 0.25) is 0 Å². The summed E-state index contributed by atoms with van der Waals surface area (Å²) < 4.78 is 23.5. The van der Waals surface area contributed by atoms with Crippen LogP contribution in [0.1, 0.15) is 152 Å². The van der Waals surface area contributed by atoms with Crippen LogP contribution in [0.2, 0.25) is 0 Å². The third-order valence-electron chi connectivity index (χ3n) is 19.7. The number of aliphatic imine (C=N–C) groups is 3. The molecular weight excluding hydrogens is 1180 g/mol. The van der Waals surface area contributed by atoms with Crippen molar-refractivity contribution in [2.75, 3.05) is 7.11 Å². The Balaban J connectivity index is 0.727. The van der Waals surface area contributed by atoms with Gasteiger partial charge in [0.25, 0.3) is 0 Å². The van der Waals surface area contributed by atoms with E-state index < -0.39 is 113 Å². The van der Waals surface area contributed by atoms with E-state index in [1.807, 2.05) is 39.0 Å². The molecule has 20 heteroatoms. The lowest BCUT2D eigenvalue weighted by Gasteiger charge is -2.43. The molecule has 12 rings (SSSR count). The van der Waals surface area contributed by atoms with Crippen LogP contribution in [-0.2, 0) is 57.6 Å². The number of aryl methyl sites for hydroxylation is 1. The predicted octanol–water partition coefficient (Wildman–Crippen LogP) is 9.79. The fraction of sp³-hybridized carbons (Fsp3) is 0.375. The molecule has 7 N–H and O–H groups in total. The zero-order valence-corrected chi connectivity index (χ0v) is 52.4. The van der Waals surface area contributed by atoms with E-state index in [2.05, 4.69) is 25.7 Å². The number of nitrogens with zero attached hydrogens (tertiary/aromatic N) is 3. The van der Waals surface area contributed by atoms with Crippen LogP contribution in [0.5, 0.6) is 11.5 Å². The molecule has 2 fully saturated rings. The highest BCUT2D eigenvalue weighted by Crippen LogP contribution is 2.54. The lowest BCUT2D eigenvalue weighted by molar-refractivity contribution is -0.258. The van der Waals surface area contributed by atoms with Crippen LogP contribution in [0.25, 0.3) is 0 Å². The van der Waals surface area contributed by atoms with Crippen LogP contribution in [0, 0.1) is 30.6 Å². The summed E-state index contributed by atoms with van der Waals surface area (Å²) in [4.78, 5) is 96.9. The summed E-state index contributed by atoms with van der Waals surface area (Å²) in [5.74, 6) is -8.26. The van der Waals surface area contributed by atoms with Gasteiger partial charge in [-0.15, -0.1) is 0 Å². The molecule has 6 heterocycles. The number of nitrogens with one attached hydrogen (secondary N) is 1. The average Bonchev–Trinajstić information content (AvgIpc) is 1.00. The zero-order valence-electron chi connectivity index (χ0n) is 52.4. The number of hydrogen-bond acceptors (Lipinski definition) is 19. The van der Waals surface area contributed by atoms with Gasteiger partial charge in [0.1, 0.15) is 35.6 Å². The molecule has 0 spiro atoms. The number of esters is 2. The number of phenolic OH excluding ortho intramolecular Hbond substituents is 2. The molecule has 8 bridgehead atoms. The number of benzene rings is 3. The number of hydrogen-bond donors (Lipinski definition) is 7. The molecular formula is C72H72N4O16. The summed E-state index contributed by atoms with van der Waals surface area (Å²) in [6.07, 6.45) is 2.15. The molecule has 0 radical (unpaired) electrons. The number of carboxylic acid groups (broad SMARTS) is 1. The van der Waals surface area contributed by atoms with E-state index in [-0.39, 0.29) is 77.9 Å². The minimum Gasteiger partial charge on any atom is -0.510 e. The Bertz CT molecular complexity index is 4220. The Morgan fingerprint density at radius 3 is 2.28 bits per heavy atom. The number of Topliss-reactive ketones (excluding diaryl/α,β-unsaturated/α-hetero) is 1. The minimum absolute atomic E-state index is 0.0196. The van der Waals surface area contributed by atoms with Gasteiger partial charge in [-0.1, -0.05) is 69.0 Å². The van der Waals surface area contributed by atoms with Gasteiger partial charge < -0.3 is 54.9 Å². The van der Waals surface area contributed by atoms with E-state index in [9.17, 15) is 59.4 Å². The van der Waals surface area contributed by atoms with E-state index in [1.54, 1.807) is 56.3 Å². The quantitative estimate of drug-likeness (QED) is 0.0405. The molecule has 3 aromatic rings. The van der Waals surface area contributed by atoms with Crippen molar-refractivity contribution in [2.45, 2.75) is 143 Å². The first-order chi connectivity index (χ1) is 43.8. The Hall–Kier alpha value is -9.21. The predicted molar refractivity (Wildman–Crippen MR) is 338 cm³/mol. The fourth-order valence-electron chi connectivity index (χ4n) is 14.8. The largest absolute Gasteiger partial charge is 0.510 e. The van der Waals surface area contributed by atoms with Crippen LogP contribution >= 0.6 is 0 Å². The van der Waals surface area contributed by atoms with Crippen LogP contribution in [-0.4, -0.2) is 114 Å². The summed E-state index contributed by atoms with van der Waals surface area (Å²) in [5, 5.41) is 72.4. The highest BCUT2D eigenvalue weighted by atomic mass is 16.7. The molecule has 0 saturated carbocycles. The smallest absolute Gasteiger partial charge is 0.321 e. The van der Waals surface area contributed by atoms with Crippen molar-refractivity contribution < 1.29 is 78.4 Å². The molecule has 476 valence electrons. The monoisotopic (exact) mass is 1250 g/mol. The Morgan fingerprint density at radius 1 is 0.870 bits per heavy atom. The summed E-state index contributed by atoms with van der Waals surface area (Å²) in [5.41, 5.74) is 9.56. The van der Waals surface area contributed by atoms with Gasteiger partial charge in [-0.3, -0.25) is 28.8 Å². The zero-order chi connectivity index (χ0) is 65.7. The maximum atomic E-state index is 14.1. The molecule has 0 aromatic heterocycles. The van der Waals surface area contributed by atoms with E-state index in [0.717, 1.165) is 56.4 Å². The number of aromatic hydroxyl groups is 2. The molecule has 20 nitrogen and oxygen atoms in total. The second-order valence-corrected chi connectivity index (χ2v) is 25.4. The number of carboxylic acids is 1. The number of aliphatic hydroxyl groups excluding tert-OH is 2. The average molecular weight is 1250 g/mol. The third-order valence-corrected chi connectivity index (χ3v) is 19.7. The number of carbonyl (C=O) groups excluding carboxylic acids is 5. The first kappa shape index (κ1) is 63.0. The number of rotatable bonds is 16. The first-order valence-electron chi connectivity index (χ1n) is 31.0. The molecule has 92 heavy (non-hydrogen) atoms. The first-order valence-corrected chi connectivity index (χ1v) is 31.0. The van der Waals surface area contributed by atoms with E-state index in [0.29, 0.717) is 57.8 Å². The Kier molecular flexibility index (Phi) is 16.5. The number of ketones is 3. The van der Waals surface area contributed by atoms with Gasteiger partial charge in [0.15, 0.2) is 17.9 Å². The van der Waals surface area contributed by atoms with Crippen molar-refractivity contribution in [2.24, 2.45) is 38.6 Å². The van der Waals surface area contributed by atoms with Crippen LogP contribution < -0.4 is 5.32 Å². The number of aliphatic carboxylic acids is 1. The van der Waals surface area contributed by atoms with Gasteiger partial charge >= 0.3 is 17.9 Å². The van der Waals surface area contributed by atoms with E-state index in [1.165, 1.54) is 13.2 Å². The van der Waals surface area contributed by atoms with Crippen LogP contribution in [0.15, 0.2) is 162 Å². The number of fused-ring (bicyclic) bond motifs is 8. The number of methoxy groups -OCH3 is 1. The lowest BCUT2D eigenvalue weighted by Crippen LogP contribution is -2.47. The third kappa shape index (κ3) is 10.8. The maximum Gasteiger partial charge on any atom is 0.321 e. The molecule has 9 aliphatic rings. The SMILES string of the molecule is C=CC1=C(C)C2=NC1=CC1=NC(=CC3=C(C)C4=C(O)C(C(=O)OC)C(=C5NC(=C2)[C@@H](C)[C@@H]5CCC(=O)Cc2ccc(COC(=O)CC5C[C@@H](O[C@H]6C[C@](O)(CC(=O)O)Cc7c(O)c8c(c(O)c76)C(=O)c6cccc(C)c6C8=O)O[C@H](C)[C@@H]5O)cc2)C4=N3)C(CC)=C1C. The number of ether oxygens (including phenoxy) is 4. The van der Waals surface area contributed by atoms with E-state index in [4.69, 9.17) is 33.9 Å². The fourth-order valence-corrected chi connectivity index (χ4v) is 14.8.